The molecule has 0 radical (unpaired) electrons. The van der Waals surface area contributed by atoms with Gasteiger partial charge in [-0.15, -0.1) is 0 Å². The number of likely N-dealkylation sites (tertiary alicyclic amines) is 1. The maximum absolute atomic E-state index is 13.3. The van der Waals surface area contributed by atoms with Crippen LogP contribution in [0.1, 0.15) is 50.7 Å². The Morgan fingerprint density at radius 2 is 1.89 bits per heavy atom. The van der Waals surface area contributed by atoms with Gasteiger partial charge in [0.05, 0.1) is 31.0 Å². The molecule has 15 heteroatoms. The van der Waals surface area contributed by atoms with Gasteiger partial charge in [-0.1, -0.05) is 6.07 Å². The SMILES string of the molecule is COc1ccc2c3c1O[C@H]1C(OC(=O)C[C@H](OC(=O)CCNC(=O)[C@H](C)O)C(=O)O[C@@H](C)C(=O)O)=CC[C@@]4(O)[C@H](C2)N(C)CC[C@]314. The Kier molecular flexibility index (Phi) is 9.03. The van der Waals surface area contributed by atoms with Gasteiger partial charge in [-0.25, -0.2) is 9.59 Å². The highest BCUT2D eigenvalue weighted by molar-refractivity contribution is 5.87. The largest absolute Gasteiger partial charge is 0.493 e. The van der Waals surface area contributed by atoms with Crippen LogP contribution in [0.2, 0.25) is 0 Å². The van der Waals surface area contributed by atoms with E-state index in [4.69, 9.17) is 28.8 Å². The van der Waals surface area contributed by atoms with Crippen LogP contribution >= 0.6 is 0 Å². The third-order valence-corrected chi connectivity index (χ3v) is 9.33. The van der Waals surface area contributed by atoms with E-state index in [0.717, 1.165) is 18.1 Å². The Morgan fingerprint density at radius 3 is 2.57 bits per heavy atom. The fourth-order valence-electron chi connectivity index (χ4n) is 7.04. The molecule has 1 aromatic rings. The summed E-state index contributed by atoms with van der Waals surface area (Å²) in [5.74, 6) is -4.43. The first-order valence-corrected chi connectivity index (χ1v) is 15.0. The molecule has 1 saturated heterocycles. The molecule has 1 fully saturated rings. The quantitative estimate of drug-likeness (QED) is 0.170. The summed E-state index contributed by atoms with van der Waals surface area (Å²) in [4.78, 5) is 63.6. The van der Waals surface area contributed by atoms with Crippen molar-refractivity contribution in [3.05, 3.63) is 35.1 Å². The number of likely N-dealkylation sites (N-methyl/N-ethyl adjacent to an activating group) is 1. The highest BCUT2D eigenvalue weighted by Gasteiger charge is 2.72. The zero-order valence-corrected chi connectivity index (χ0v) is 25.9. The summed E-state index contributed by atoms with van der Waals surface area (Å²) in [5.41, 5.74) is -0.377. The topological polar surface area (TPSA) is 207 Å². The molecule has 0 unspecified atom stereocenters. The van der Waals surface area contributed by atoms with E-state index in [1.54, 1.807) is 12.1 Å². The van der Waals surface area contributed by atoms with Gasteiger partial charge in [-0.05, 0) is 58.0 Å². The van der Waals surface area contributed by atoms with Crippen molar-refractivity contribution in [2.24, 2.45) is 0 Å². The van der Waals surface area contributed by atoms with Crippen LogP contribution in [0.3, 0.4) is 0 Å². The van der Waals surface area contributed by atoms with Crippen molar-refractivity contribution < 1.29 is 63.0 Å². The number of carboxylic acids is 1. The number of aliphatic hydroxyl groups is 2. The van der Waals surface area contributed by atoms with Crippen LogP contribution in [0.4, 0.5) is 0 Å². The minimum Gasteiger partial charge on any atom is -0.493 e. The van der Waals surface area contributed by atoms with Gasteiger partial charge in [0.25, 0.3) is 0 Å². The fraction of sp³-hybridized carbons (Fsp3) is 0.581. The first-order valence-electron chi connectivity index (χ1n) is 15.0. The Labute approximate surface area is 264 Å². The van der Waals surface area contributed by atoms with Crippen LogP contribution in [-0.4, -0.2) is 113 Å². The summed E-state index contributed by atoms with van der Waals surface area (Å²) in [5, 5.41) is 33.1. The first-order chi connectivity index (χ1) is 21.7. The Bertz CT molecular complexity index is 1470. The molecule has 5 rings (SSSR count). The van der Waals surface area contributed by atoms with Crippen molar-refractivity contribution in [1.29, 1.82) is 0 Å². The van der Waals surface area contributed by atoms with E-state index in [1.165, 1.54) is 14.0 Å². The van der Waals surface area contributed by atoms with E-state index < -0.39 is 78.1 Å². The monoisotopic (exact) mass is 646 g/mol. The predicted octanol–water partition coefficient (Wildman–Crippen LogP) is -0.279. The second-order valence-corrected chi connectivity index (χ2v) is 12.1. The number of methoxy groups -OCH3 is 1. The lowest BCUT2D eigenvalue weighted by Gasteiger charge is -2.61. The van der Waals surface area contributed by atoms with Crippen molar-refractivity contribution in [3.63, 3.8) is 0 Å². The average Bonchev–Trinajstić information content (AvgIpc) is 3.35. The number of aliphatic carboxylic acids is 1. The molecule has 0 aromatic heterocycles. The number of rotatable bonds is 12. The molecule has 1 amide bonds. The molecule has 250 valence electrons. The van der Waals surface area contributed by atoms with E-state index in [0.29, 0.717) is 30.9 Å². The number of piperidine rings is 1. The van der Waals surface area contributed by atoms with Crippen LogP contribution in [0.5, 0.6) is 11.5 Å². The maximum atomic E-state index is 13.3. The Balaban J connectivity index is 1.36. The number of ether oxygens (including phenoxy) is 5. The number of carboxylic acid groups (broad SMARTS) is 1. The molecular weight excluding hydrogens is 608 g/mol. The molecule has 2 aliphatic heterocycles. The lowest BCUT2D eigenvalue weighted by molar-refractivity contribution is -0.179. The molecule has 2 bridgehead atoms. The van der Waals surface area contributed by atoms with Gasteiger partial charge in [0, 0.05) is 24.6 Å². The highest BCUT2D eigenvalue weighted by Crippen LogP contribution is 2.65. The van der Waals surface area contributed by atoms with E-state index in [2.05, 4.69) is 10.2 Å². The summed E-state index contributed by atoms with van der Waals surface area (Å²) in [7, 11) is 3.47. The Morgan fingerprint density at radius 1 is 1.15 bits per heavy atom. The van der Waals surface area contributed by atoms with E-state index in [-0.39, 0.29) is 24.8 Å². The number of esters is 3. The lowest BCUT2D eigenvalue weighted by Crippen LogP contribution is -2.74. The van der Waals surface area contributed by atoms with Crippen LogP contribution in [-0.2, 0) is 50.0 Å². The van der Waals surface area contributed by atoms with Crippen molar-refractivity contribution in [2.75, 3.05) is 27.2 Å². The predicted molar refractivity (Wildman–Crippen MR) is 155 cm³/mol. The van der Waals surface area contributed by atoms with E-state index >= 15 is 0 Å². The lowest BCUT2D eigenvalue weighted by atomic mass is 9.50. The number of hydrogen-bond acceptors (Lipinski definition) is 13. The normalized spacial score (nSPS) is 27.5. The van der Waals surface area contributed by atoms with Gasteiger partial charge in [0.15, 0.2) is 23.7 Å². The van der Waals surface area contributed by atoms with E-state index in [9.17, 15) is 34.2 Å². The standard InChI is InChI=1S/C31H38N2O13/c1-15(34)27(37)32-11-8-22(35)45-20(29(40)43-16(2)28(38)39)14-23(36)44-19-7-9-31(41)21-13-17-5-6-18(42-4)25-24(17)30(31,26(19)46-25)10-12-33(21)3/h5-7,15-16,20-21,26,34,41H,8-14H2,1-4H3,(H,32,37)(H,38,39)/t15-,16-,20-,21-,26-,30-,31+/m0/s1. The first kappa shape index (κ1) is 33.2. The number of aliphatic hydroxyl groups excluding tert-OH is 1. The third-order valence-electron chi connectivity index (χ3n) is 9.33. The van der Waals surface area contributed by atoms with Gasteiger partial charge in [-0.3, -0.25) is 14.4 Å². The number of amides is 1. The maximum Gasteiger partial charge on any atom is 0.348 e. The molecular formula is C31H38N2O13. The number of benzene rings is 1. The smallest absolute Gasteiger partial charge is 0.348 e. The summed E-state index contributed by atoms with van der Waals surface area (Å²) in [6.45, 7) is 2.74. The van der Waals surface area contributed by atoms with Crippen molar-refractivity contribution >= 4 is 29.8 Å². The van der Waals surface area contributed by atoms with Crippen molar-refractivity contribution in [2.45, 2.75) is 87.4 Å². The zero-order valence-electron chi connectivity index (χ0n) is 25.9. The van der Waals surface area contributed by atoms with Crippen LogP contribution < -0.4 is 14.8 Å². The molecule has 46 heavy (non-hydrogen) atoms. The molecule has 0 saturated carbocycles. The number of hydrogen-bond donors (Lipinski definition) is 4. The van der Waals surface area contributed by atoms with Crippen LogP contribution in [0.25, 0.3) is 0 Å². The minimum absolute atomic E-state index is 0.113. The second-order valence-electron chi connectivity index (χ2n) is 12.1. The van der Waals surface area contributed by atoms with Crippen LogP contribution in [0, 0.1) is 0 Å². The summed E-state index contributed by atoms with van der Waals surface area (Å²) >= 11 is 0. The number of nitrogens with one attached hydrogen (secondary N) is 1. The molecule has 2 heterocycles. The number of nitrogens with zero attached hydrogens (tertiary/aromatic N) is 1. The van der Waals surface area contributed by atoms with Crippen molar-refractivity contribution in [3.8, 4) is 11.5 Å². The highest BCUT2D eigenvalue weighted by atomic mass is 16.6. The molecule has 1 aromatic carbocycles. The third kappa shape index (κ3) is 5.56. The minimum atomic E-state index is -1.87. The average molecular weight is 647 g/mol. The van der Waals surface area contributed by atoms with Crippen LogP contribution in [0.15, 0.2) is 24.0 Å². The molecule has 4 N–H and O–H groups in total. The molecule has 1 spiro atoms. The fourth-order valence-corrected chi connectivity index (χ4v) is 7.04. The van der Waals surface area contributed by atoms with Gasteiger partial charge in [0.2, 0.25) is 12.0 Å². The summed E-state index contributed by atoms with van der Waals surface area (Å²) < 4.78 is 27.8. The molecule has 15 nitrogen and oxygen atoms in total. The number of carbonyl (C=O) groups excluding carboxylic acids is 4. The van der Waals surface area contributed by atoms with E-state index in [1.807, 2.05) is 13.1 Å². The zero-order chi connectivity index (χ0) is 33.6. The van der Waals surface area contributed by atoms with Gasteiger partial charge in [-0.2, -0.15) is 0 Å². The number of carbonyl (C=O) groups is 5. The second kappa shape index (κ2) is 12.5. The molecule has 4 aliphatic rings. The van der Waals surface area contributed by atoms with Gasteiger partial charge < -0.3 is 49.2 Å². The molecule has 2 aliphatic carbocycles. The van der Waals surface area contributed by atoms with Gasteiger partial charge in [0.1, 0.15) is 11.9 Å². The van der Waals surface area contributed by atoms with Gasteiger partial charge >= 0.3 is 23.9 Å². The molecule has 7 atom stereocenters. The Hall–Kier alpha value is -4.21. The summed E-state index contributed by atoms with van der Waals surface area (Å²) in [6, 6.07) is 3.53. The summed E-state index contributed by atoms with van der Waals surface area (Å²) in [6.07, 6.45) is -4.13. The van der Waals surface area contributed by atoms with Crippen molar-refractivity contribution in [1.82, 2.24) is 10.2 Å².